The van der Waals surface area contributed by atoms with Crippen molar-refractivity contribution in [3.63, 3.8) is 0 Å². The van der Waals surface area contributed by atoms with E-state index in [4.69, 9.17) is 0 Å². The van der Waals surface area contributed by atoms with Gasteiger partial charge in [0.2, 0.25) is 0 Å². The maximum Gasteiger partial charge on any atom is 0.340 e. The van der Waals surface area contributed by atoms with Crippen molar-refractivity contribution < 1.29 is 13.9 Å². The van der Waals surface area contributed by atoms with Crippen LogP contribution in [-0.4, -0.2) is 18.2 Å². The van der Waals surface area contributed by atoms with E-state index in [9.17, 15) is 9.18 Å². The summed E-state index contributed by atoms with van der Waals surface area (Å²) in [5.41, 5.74) is 0.276. The number of methoxy groups -OCH3 is 1. The molecule has 0 aliphatic rings. The zero-order valence-electron chi connectivity index (χ0n) is 7.28. The molecular formula is C9H6FNO2S. The van der Waals surface area contributed by atoms with E-state index in [2.05, 4.69) is 27.1 Å². The Morgan fingerprint density at radius 3 is 2.93 bits per heavy atom. The standard InChI is InChI=1S/C9H6FNO2S/c1-13-9(12)7-3-2-6(10)4-8(7)11-5-14/h2-4H,1H3. The normalized spacial score (nSPS) is 9.00. The second-order valence-corrected chi connectivity index (χ2v) is 2.54. The van der Waals surface area contributed by atoms with Crippen molar-refractivity contribution in [3.8, 4) is 0 Å². The van der Waals surface area contributed by atoms with Gasteiger partial charge in [-0.05, 0) is 24.4 Å². The molecule has 0 saturated heterocycles. The van der Waals surface area contributed by atoms with Crippen LogP contribution in [-0.2, 0) is 4.74 Å². The number of rotatable bonds is 2. The maximum absolute atomic E-state index is 12.8. The molecular weight excluding hydrogens is 205 g/mol. The van der Waals surface area contributed by atoms with Gasteiger partial charge in [-0.15, -0.1) is 0 Å². The Hall–Kier alpha value is -1.58. The highest BCUT2D eigenvalue weighted by Gasteiger charge is 2.11. The third-order valence-electron chi connectivity index (χ3n) is 1.53. The first-order valence-corrected chi connectivity index (χ1v) is 4.05. The van der Waals surface area contributed by atoms with Gasteiger partial charge in [-0.2, -0.15) is 4.99 Å². The Labute approximate surface area is 85.2 Å². The van der Waals surface area contributed by atoms with Crippen LogP contribution in [0.3, 0.4) is 0 Å². The van der Waals surface area contributed by atoms with E-state index >= 15 is 0 Å². The average Bonchev–Trinajstić information content (AvgIpc) is 2.17. The molecule has 0 bridgehead atoms. The van der Waals surface area contributed by atoms with Crippen LogP contribution in [0.5, 0.6) is 0 Å². The molecule has 1 aromatic rings. The van der Waals surface area contributed by atoms with E-state index in [1.165, 1.54) is 13.2 Å². The van der Waals surface area contributed by atoms with E-state index in [0.717, 1.165) is 12.1 Å². The Kier molecular flexibility index (Phi) is 3.45. The summed E-state index contributed by atoms with van der Waals surface area (Å²) in [4.78, 5) is 14.7. The average molecular weight is 211 g/mol. The SMILES string of the molecule is COC(=O)c1ccc(F)cc1N=C=S. The van der Waals surface area contributed by atoms with Crippen LogP contribution in [0.1, 0.15) is 10.4 Å². The molecule has 5 heteroatoms. The summed E-state index contributed by atoms with van der Waals surface area (Å²) in [7, 11) is 1.23. The van der Waals surface area contributed by atoms with Crippen LogP contribution in [0.15, 0.2) is 23.2 Å². The number of hydrogen-bond donors (Lipinski definition) is 0. The number of carbonyl (C=O) groups is 1. The Balaban J connectivity index is 3.28. The third kappa shape index (κ3) is 2.22. The molecule has 0 aromatic heterocycles. The van der Waals surface area contributed by atoms with Crippen molar-refractivity contribution in [1.82, 2.24) is 0 Å². The van der Waals surface area contributed by atoms with E-state index in [1.54, 1.807) is 0 Å². The number of benzene rings is 1. The van der Waals surface area contributed by atoms with Crippen molar-refractivity contribution in [3.05, 3.63) is 29.6 Å². The predicted octanol–water partition coefficient (Wildman–Crippen LogP) is 2.35. The van der Waals surface area contributed by atoms with Gasteiger partial charge in [-0.25, -0.2) is 9.18 Å². The predicted molar refractivity (Wildman–Crippen MR) is 52.4 cm³/mol. The lowest BCUT2D eigenvalue weighted by molar-refractivity contribution is 0.0601. The Morgan fingerprint density at radius 2 is 2.36 bits per heavy atom. The number of halogens is 1. The minimum atomic E-state index is -0.589. The number of aliphatic imine (C=N–C) groups is 1. The van der Waals surface area contributed by atoms with Gasteiger partial charge >= 0.3 is 5.97 Å². The molecule has 72 valence electrons. The van der Waals surface area contributed by atoms with E-state index in [1.807, 2.05) is 0 Å². The van der Waals surface area contributed by atoms with Crippen molar-refractivity contribution in [2.45, 2.75) is 0 Å². The van der Waals surface area contributed by atoms with Crippen LogP contribution in [0, 0.1) is 5.82 Å². The van der Waals surface area contributed by atoms with E-state index < -0.39 is 11.8 Å². The van der Waals surface area contributed by atoms with Gasteiger partial charge in [0.1, 0.15) is 5.82 Å². The first-order chi connectivity index (χ1) is 6.69. The van der Waals surface area contributed by atoms with Gasteiger partial charge in [-0.1, -0.05) is 0 Å². The summed E-state index contributed by atoms with van der Waals surface area (Å²) in [6, 6.07) is 3.52. The van der Waals surface area contributed by atoms with Crippen molar-refractivity contribution in [1.29, 1.82) is 0 Å². The number of nitrogens with zero attached hydrogens (tertiary/aromatic N) is 1. The van der Waals surface area contributed by atoms with Gasteiger partial charge < -0.3 is 4.74 Å². The molecule has 0 saturated carbocycles. The molecule has 0 amide bonds. The second-order valence-electron chi connectivity index (χ2n) is 2.36. The molecule has 3 nitrogen and oxygen atoms in total. The zero-order valence-corrected chi connectivity index (χ0v) is 8.10. The number of isothiocyanates is 1. The summed E-state index contributed by atoms with van der Waals surface area (Å²) in [6.07, 6.45) is 0. The summed E-state index contributed by atoms with van der Waals surface area (Å²) in [5.74, 6) is -1.09. The fourth-order valence-electron chi connectivity index (χ4n) is 0.929. The quantitative estimate of drug-likeness (QED) is 0.428. The van der Waals surface area contributed by atoms with Crippen molar-refractivity contribution >= 4 is 29.0 Å². The number of carbonyl (C=O) groups excluding carboxylic acids is 1. The lowest BCUT2D eigenvalue weighted by Gasteiger charge is -2.01. The molecule has 0 spiro atoms. The molecule has 0 aliphatic heterocycles. The Morgan fingerprint density at radius 1 is 1.64 bits per heavy atom. The fraction of sp³-hybridized carbons (Fsp3) is 0.111. The van der Waals surface area contributed by atoms with Crippen LogP contribution in [0.4, 0.5) is 10.1 Å². The molecule has 0 heterocycles. The highest BCUT2D eigenvalue weighted by molar-refractivity contribution is 7.78. The molecule has 0 aliphatic carbocycles. The minimum Gasteiger partial charge on any atom is -0.465 e. The topological polar surface area (TPSA) is 38.7 Å². The fourth-order valence-corrected chi connectivity index (χ4v) is 1.03. The van der Waals surface area contributed by atoms with Crippen LogP contribution < -0.4 is 0 Å². The molecule has 0 unspecified atom stereocenters. The molecule has 0 atom stereocenters. The summed E-state index contributed by atoms with van der Waals surface area (Å²) < 4.78 is 17.2. The first kappa shape index (κ1) is 10.5. The molecule has 0 N–H and O–H groups in total. The van der Waals surface area contributed by atoms with Gasteiger partial charge in [0.25, 0.3) is 0 Å². The van der Waals surface area contributed by atoms with Crippen LogP contribution in [0.2, 0.25) is 0 Å². The molecule has 14 heavy (non-hydrogen) atoms. The molecule has 1 aromatic carbocycles. The van der Waals surface area contributed by atoms with Crippen molar-refractivity contribution in [2.24, 2.45) is 4.99 Å². The van der Waals surface area contributed by atoms with E-state index in [-0.39, 0.29) is 11.3 Å². The van der Waals surface area contributed by atoms with Crippen LogP contribution in [0.25, 0.3) is 0 Å². The third-order valence-corrected chi connectivity index (χ3v) is 1.62. The number of hydrogen-bond acceptors (Lipinski definition) is 4. The monoisotopic (exact) mass is 211 g/mol. The summed E-state index contributed by atoms with van der Waals surface area (Å²) in [5, 5.41) is 2.06. The highest BCUT2D eigenvalue weighted by Crippen LogP contribution is 2.20. The van der Waals surface area contributed by atoms with E-state index in [0.29, 0.717) is 0 Å². The van der Waals surface area contributed by atoms with Crippen LogP contribution >= 0.6 is 12.2 Å². The lowest BCUT2D eigenvalue weighted by Crippen LogP contribution is -2.01. The smallest absolute Gasteiger partial charge is 0.340 e. The maximum atomic E-state index is 12.8. The highest BCUT2D eigenvalue weighted by atomic mass is 32.1. The second kappa shape index (κ2) is 4.60. The molecule has 0 radical (unpaired) electrons. The molecule has 0 fully saturated rings. The Bertz CT molecular complexity index is 413. The largest absolute Gasteiger partial charge is 0.465 e. The van der Waals surface area contributed by atoms with Gasteiger partial charge in [-0.3, -0.25) is 0 Å². The van der Waals surface area contributed by atoms with Gasteiger partial charge in [0.05, 0.1) is 23.5 Å². The van der Waals surface area contributed by atoms with Crippen molar-refractivity contribution in [2.75, 3.05) is 7.11 Å². The van der Waals surface area contributed by atoms with Gasteiger partial charge in [0, 0.05) is 6.07 Å². The summed E-state index contributed by atoms with van der Waals surface area (Å²) in [6.45, 7) is 0. The minimum absolute atomic E-state index is 0.117. The number of esters is 1. The van der Waals surface area contributed by atoms with Gasteiger partial charge in [0.15, 0.2) is 0 Å². The number of thiocarbonyl (C=S) groups is 1. The first-order valence-electron chi connectivity index (χ1n) is 3.64. The zero-order chi connectivity index (χ0) is 10.6. The molecule has 1 rings (SSSR count). The lowest BCUT2D eigenvalue weighted by atomic mass is 10.2. The summed E-state index contributed by atoms with van der Waals surface area (Å²) >= 11 is 4.37. The number of ether oxygens (including phenoxy) is 1.